The molecule has 2 heterocycles. The fourth-order valence-corrected chi connectivity index (χ4v) is 7.05. The van der Waals surface area contributed by atoms with Crippen LogP contribution < -0.4 is 26.2 Å². The van der Waals surface area contributed by atoms with Crippen molar-refractivity contribution in [3.8, 4) is 0 Å². The van der Waals surface area contributed by atoms with Crippen LogP contribution in [0.3, 0.4) is 0 Å². The molecule has 4 heteroatoms. The highest BCUT2D eigenvalue weighted by atomic mass is 79.9. The lowest BCUT2D eigenvalue weighted by Gasteiger charge is -2.45. The zero-order valence-corrected chi connectivity index (χ0v) is 26.8. The molecule has 0 unspecified atom stereocenters. The third-order valence-corrected chi connectivity index (χ3v) is 9.25. The summed E-state index contributed by atoms with van der Waals surface area (Å²) in [5, 5.41) is 0. The maximum atomic E-state index is 3.93. The van der Waals surface area contributed by atoms with Crippen molar-refractivity contribution in [2.24, 2.45) is 0 Å². The topological polar surface area (TPSA) is 6.48 Å². The summed E-state index contributed by atoms with van der Waals surface area (Å²) in [6, 6.07) is 40.5. The van der Waals surface area contributed by atoms with Crippen molar-refractivity contribution in [3.63, 3.8) is 0 Å². The van der Waals surface area contributed by atoms with Crippen LogP contribution in [0.15, 0.2) is 114 Å². The van der Waals surface area contributed by atoms with Gasteiger partial charge in [-0.1, -0.05) is 118 Å². The van der Waals surface area contributed by atoms with Crippen molar-refractivity contribution in [2.75, 3.05) is 9.80 Å². The smallest absolute Gasteiger partial charge is 0.252 e. The molecule has 0 spiro atoms. The summed E-state index contributed by atoms with van der Waals surface area (Å²) in [7, 11) is 0. The summed E-state index contributed by atoms with van der Waals surface area (Å²) in [6.45, 7) is 14.0. The van der Waals surface area contributed by atoms with Crippen LogP contribution in [0.1, 0.15) is 52.7 Å². The second kappa shape index (κ2) is 9.64. The summed E-state index contributed by atoms with van der Waals surface area (Å²) in [5.41, 5.74) is 14.1. The van der Waals surface area contributed by atoms with E-state index in [0.29, 0.717) is 0 Å². The van der Waals surface area contributed by atoms with Crippen LogP contribution >= 0.6 is 15.9 Å². The molecular formula is C38H36BBrN2. The Hall–Kier alpha value is -3.76. The number of para-hydroxylation sites is 2. The largest absolute Gasteiger partial charge is 0.311 e. The highest BCUT2D eigenvalue weighted by Gasteiger charge is 2.44. The van der Waals surface area contributed by atoms with Crippen LogP contribution in [0.4, 0.5) is 34.1 Å². The van der Waals surface area contributed by atoms with Gasteiger partial charge in [0.1, 0.15) is 0 Å². The number of hydrogen-bond donors (Lipinski definition) is 0. The van der Waals surface area contributed by atoms with Crippen LogP contribution in [0.25, 0.3) is 0 Å². The Bertz CT molecular complexity index is 1690. The van der Waals surface area contributed by atoms with Gasteiger partial charge in [-0.25, -0.2) is 0 Å². The number of halogens is 1. The third kappa shape index (κ3) is 4.31. The van der Waals surface area contributed by atoms with Crippen molar-refractivity contribution < 1.29 is 0 Å². The molecule has 42 heavy (non-hydrogen) atoms. The maximum Gasteiger partial charge on any atom is 0.252 e. The molecule has 5 aromatic rings. The summed E-state index contributed by atoms with van der Waals surface area (Å²) < 4.78 is 1.07. The Labute approximate surface area is 259 Å². The Morgan fingerprint density at radius 3 is 1.29 bits per heavy atom. The fraction of sp³-hybridized carbons (Fsp3) is 0.211. The van der Waals surface area contributed by atoms with Gasteiger partial charge in [-0.3, -0.25) is 0 Å². The van der Waals surface area contributed by atoms with Gasteiger partial charge in [-0.15, -0.1) is 0 Å². The van der Waals surface area contributed by atoms with Crippen LogP contribution in [0.2, 0.25) is 0 Å². The third-order valence-electron chi connectivity index (χ3n) is 8.79. The van der Waals surface area contributed by atoms with Gasteiger partial charge < -0.3 is 9.80 Å². The molecule has 7 rings (SSSR count). The van der Waals surface area contributed by atoms with E-state index in [2.05, 4.69) is 176 Å². The molecule has 0 aliphatic carbocycles. The number of benzene rings is 5. The summed E-state index contributed by atoms with van der Waals surface area (Å²) in [5.74, 6) is 0. The second-order valence-corrected chi connectivity index (χ2v) is 14.6. The van der Waals surface area contributed by atoms with Gasteiger partial charge in [-0.05, 0) is 86.9 Å². The summed E-state index contributed by atoms with van der Waals surface area (Å²) >= 11 is 3.93. The molecule has 2 aliphatic rings. The minimum absolute atomic E-state index is 0.0380. The van der Waals surface area contributed by atoms with E-state index in [-0.39, 0.29) is 17.5 Å². The second-order valence-electron chi connectivity index (χ2n) is 13.7. The van der Waals surface area contributed by atoms with Crippen LogP contribution in [-0.2, 0) is 10.8 Å². The normalized spacial score (nSPS) is 13.9. The van der Waals surface area contributed by atoms with Crippen LogP contribution in [0.5, 0.6) is 0 Å². The van der Waals surface area contributed by atoms with E-state index in [4.69, 9.17) is 0 Å². The Morgan fingerprint density at radius 2 is 0.905 bits per heavy atom. The monoisotopic (exact) mass is 610 g/mol. The standard InChI is InChI=1S/C38H36BBrN2/c1-37(2,3)25-17-19-32-30(21-25)39-31-22-26(38(4,5)6)18-20-33(31)42(29-15-11-8-12-16-29)35-24-27(40)23-34(36(35)39)41(32)28-13-9-7-10-14-28/h7-24H,1-6H3. The Balaban J connectivity index is 1.62. The van der Waals surface area contributed by atoms with Gasteiger partial charge in [0.2, 0.25) is 0 Å². The molecule has 0 radical (unpaired) electrons. The highest BCUT2D eigenvalue weighted by molar-refractivity contribution is 9.10. The van der Waals surface area contributed by atoms with E-state index >= 15 is 0 Å². The molecule has 0 amide bonds. The lowest BCUT2D eigenvalue weighted by Crippen LogP contribution is -2.61. The molecule has 0 bridgehead atoms. The molecule has 0 fully saturated rings. The van der Waals surface area contributed by atoms with E-state index in [1.165, 1.54) is 61.6 Å². The van der Waals surface area contributed by atoms with Crippen LogP contribution in [-0.4, -0.2) is 6.71 Å². The Kier molecular flexibility index (Phi) is 6.22. The molecule has 2 aliphatic heterocycles. The minimum atomic E-state index is 0.0380. The number of fused-ring (bicyclic) bond motifs is 4. The predicted octanol–water partition coefficient (Wildman–Crippen LogP) is 9.13. The van der Waals surface area contributed by atoms with Crippen molar-refractivity contribution in [1.82, 2.24) is 0 Å². The SMILES string of the molecule is CC(C)(C)c1ccc2c(c1)B1c3cc(C(C)(C)C)ccc3N(c3ccccc3)c3cc(Br)cc(c31)N2c1ccccc1. The molecule has 0 saturated heterocycles. The van der Waals surface area contributed by atoms with E-state index in [1.807, 2.05) is 0 Å². The first-order chi connectivity index (χ1) is 20.0. The van der Waals surface area contributed by atoms with E-state index in [9.17, 15) is 0 Å². The predicted molar refractivity (Wildman–Crippen MR) is 186 cm³/mol. The average Bonchev–Trinajstić information content (AvgIpc) is 2.96. The van der Waals surface area contributed by atoms with Gasteiger partial charge in [0.25, 0.3) is 6.71 Å². The lowest BCUT2D eigenvalue weighted by atomic mass is 9.33. The Morgan fingerprint density at radius 1 is 0.500 bits per heavy atom. The highest BCUT2D eigenvalue weighted by Crippen LogP contribution is 2.46. The maximum absolute atomic E-state index is 3.93. The van der Waals surface area contributed by atoms with Crippen LogP contribution in [0, 0.1) is 0 Å². The first-order valence-electron chi connectivity index (χ1n) is 14.8. The number of rotatable bonds is 2. The quantitative estimate of drug-likeness (QED) is 0.180. The molecule has 2 nitrogen and oxygen atoms in total. The number of hydrogen-bond acceptors (Lipinski definition) is 2. The van der Waals surface area contributed by atoms with Gasteiger partial charge in [0.05, 0.1) is 0 Å². The van der Waals surface area contributed by atoms with Gasteiger partial charge >= 0.3 is 0 Å². The van der Waals surface area contributed by atoms with E-state index in [0.717, 1.165) is 4.47 Å². The number of nitrogens with zero attached hydrogens (tertiary/aromatic N) is 2. The van der Waals surface area contributed by atoms with Gasteiger partial charge in [0.15, 0.2) is 0 Å². The van der Waals surface area contributed by atoms with Crippen molar-refractivity contribution in [2.45, 2.75) is 52.4 Å². The first-order valence-corrected chi connectivity index (χ1v) is 15.6. The molecule has 5 aromatic carbocycles. The molecule has 0 N–H and O–H groups in total. The first kappa shape index (κ1) is 27.1. The average molecular weight is 611 g/mol. The summed E-state index contributed by atoms with van der Waals surface area (Å²) in [4.78, 5) is 4.92. The van der Waals surface area contributed by atoms with Gasteiger partial charge in [0, 0.05) is 38.6 Å². The molecule has 0 aromatic heterocycles. The fourth-order valence-electron chi connectivity index (χ4n) is 6.62. The van der Waals surface area contributed by atoms with Crippen molar-refractivity contribution in [3.05, 3.63) is 125 Å². The lowest BCUT2D eigenvalue weighted by molar-refractivity contribution is 0.590. The van der Waals surface area contributed by atoms with Crippen molar-refractivity contribution >= 4 is 73.2 Å². The van der Waals surface area contributed by atoms with Crippen molar-refractivity contribution in [1.29, 1.82) is 0 Å². The number of anilines is 6. The zero-order chi connectivity index (χ0) is 29.4. The molecule has 0 saturated carbocycles. The molecule has 0 atom stereocenters. The summed E-state index contributed by atoms with van der Waals surface area (Å²) in [6.07, 6.45) is 0. The minimum Gasteiger partial charge on any atom is -0.311 e. The zero-order valence-electron chi connectivity index (χ0n) is 25.2. The van der Waals surface area contributed by atoms with E-state index < -0.39 is 0 Å². The van der Waals surface area contributed by atoms with E-state index in [1.54, 1.807) is 0 Å². The van der Waals surface area contributed by atoms with Gasteiger partial charge in [-0.2, -0.15) is 0 Å². The molecule has 208 valence electrons. The molecular weight excluding hydrogens is 575 g/mol.